The van der Waals surface area contributed by atoms with Crippen molar-refractivity contribution in [2.45, 2.75) is 26.0 Å². The molecule has 4 heteroatoms. The van der Waals surface area contributed by atoms with Gasteiger partial charge in [-0.2, -0.15) is 0 Å². The predicted molar refractivity (Wildman–Crippen MR) is 50.7 cm³/mol. The van der Waals surface area contributed by atoms with Crippen molar-refractivity contribution in [3.05, 3.63) is 12.4 Å². The van der Waals surface area contributed by atoms with E-state index in [-0.39, 0.29) is 6.10 Å². The van der Waals surface area contributed by atoms with Crippen molar-refractivity contribution in [1.29, 1.82) is 0 Å². The molecule has 0 radical (unpaired) electrons. The summed E-state index contributed by atoms with van der Waals surface area (Å²) in [4.78, 5) is 6.41. The quantitative estimate of drug-likeness (QED) is 0.721. The van der Waals surface area contributed by atoms with Crippen LogP contribution in [0.4, 0.5) is 5.95 Å². The molecule has 4 nitrogen and oxygen atoms in total. The van der Waals surface area contributed by atoms with Crippen molar-refractivity contribution < 1.29 is 5.11 Å². The molecule has 13 heavy (non-hydrogen) atoms. The fourth-order valence-corrected chi connectivity index (χ4v) is 1.75. The topological polar surface area (TPSA) is 41.3 Å². The lowest BCUT2D eigenvalue weighted by atomic mass is 10.3. The number of nitrogens with zero attached hydrogens (tertiary/aromatic N) is 3. The highest BCUT2D eigenvalue weighted by atomic mass is 16.3. The van der Waals surface area contributed by atoms with Crippen LogP contribution in [0.3, 0.4) is 0 Å². The minimum atomic E-state index is -0.179. The summed E-state index contributed by atoms with van der Waals surface area (Å²) in [5, 5.41) is 9.38. The molecule has 0 aliphatic carbocycles. The van der Waals surface area contributed by atoms with E-state index in [0.717, 1.165) is 32.0 Å². The van der Waals surface area contributed by atoms with E-state index in [0.29, 0.717) is 0 Å². The molecule has 0 aromatic carbocycles. The molecule has 1 atom stereocenters. The van der Waals surface area contributed by atoms with Crippen molar-refractivity contribution >= 4 is 5.95 Å². The Morgan fingerprint density at radius 2 is 2.54 bits per heavy atom. The van der Waals surface area contributed by atoms with Crippen LogP contribution in [0.25, 0.3) is 0 Å². The van der Waals surface area contributed by atoms with Gasteiger partial charge in [-0.05, 0) is 13.3 Å². The van der Waals surface area contributed by atoms with E-state index >= 15 is 0 Å². The second kappa shape index (κ2) is 3.38. The minimum Gasteiger partial charge on any atom is -0.391 e. The van der Waals surface area contributed by atoms with Crippen LogP contribution in [-0.4, -0.2) is 33.9 Å². The van der Waals surface area contributed by atoms with E-state index < -0.39 is 0 Å². The number of hydrogen-bond acceptors (Lipinski definition) is 3. The van der Waals surface area contributed by atoms with Gasteiger partial charge in [-0.25, -0.2) is 4.98 Å². The van der Waals surface area contributed by atoms with Crippen molar-refractivity contribution in [3.63, 3.8) is 0 Å². The number of hydrogen-bond donors (Lipinski definition) is 1. The maximum atomic E-state index is 9.38. The fraction of sp³-hybridized carbons (Fsp3) is 0.667. The molecule has 0 saturated carbocycles. The molecular formula is C9H15N3O. The molecule has 1 saturated heterocycles. The van der Waals surface area contributed by atoms with Crippen molar-refractivity contribution in [3.8, 4) is 0 Å². The van der Waals surface area contributed by atoms with Crippen LogP contribution in [0.15, 0.2) is 12.4 Å². The van der Waals surface area contributed by atoms with E-state index in [9.17, 15) is 5.11 Å². The molecule has 1 fully saturated rings. The monoisotopic (exact) mass is 181 g/mol. The van der Waals surface area contributed by atoms with Crippen LogP contribution in [0.1, 0.15) is 13.3 Å². The van der Waals surface area contributed by atoms with E-state index in [1.165, 1.54) is 0 Å². The first-order valence-corrected chi connectivity index (χ1v) is 4.75. The zero-order valence-corrected chi connectivity index (χ0v) is 7.85. The van der Waals surface area contributed by atoms with Crippen LogP contribution in [0.5, 0.6) is 0 Å². The molecule has 1 aliphatic heterocycles. The number of aliphatic hydroxyl groups is 1. The summed E-state index contributed by atoms with van der Waals surface area (Å²) in [5.74, 6) is 0.985. The standard InChI is InChI=1S/C9H15N3O/c1-2-11-6-4-10-9(11)12-5-3-8(13)7-12/h4,6,8,13H,2-3,5,7H2,1H3. The Kier molecular flexibility index (Phi) is 2.22. The molecule has 1 aliphatic rings. The normalized spacial score (nSPS) is 22.6. The second-order valence-electron chi connectivity index (χ2n) is 3.40. The zero-order chi connectivity index (χ0) is 9.26. The lowest BCUT2D eigenvalue weighted by molar-refractivity contribution is 0.198. The summed E-state index contributed by atoms with van der Waals surface area (Å²) < 4.78 is 2.10. The summed E-state index contributed by atoms with van der Waals surface area (Å²) in [6, 6.07) is 0. The third-order valence-corrected chi connectivity index (χ3v) is 2.48. The van der Waals surface area contributed by atoms with Gasteiger partial charge in [0.05, 0.1) is 6.10 Å². The smallest absolute Gasteiger partial charge is 0.205 e. The van der Waals surface area contributed by atoms with E-state index in [4.69, 9.17) is 0 Å². The van der Waals surface area contributed by atoms with Gasteiger partial charge in [0.15, 0.2) is 0 Å². The Hall–Kier alpha value is -1.03. The first kappa shape index (κ1) is 8.56. The van der Waals surface area contributed by atoms with Gasteiger partial charge >= 0.3 is 0 Å². The van der Waals surface area contributed by atoms with Gasteiger partial charge in [-0.3, -0.25) is 0 Å². The van der Waals surface area contributed by atoms with Gasteiger partial charge in [-0.15, -0.1) is 0 Å². The summed E-state index contributed by atoms with van der Waals surface area (Å²) in [7, 11) is 0. The molecule has 2 heterocycles. The Morgan fingerprint density at radius 3 is 3.15 bits per heavy atom. The molecule has 1 N–H and O–H groups in total. The molecule has 0 bridgehead atoms. The van der Waals surface area contributed by atoms with Gasteiger partial charge in [0.2, 0.25) is 5.95 Å². The molecule has 2 rings (SSSR count). The van der Waals surface area contributed by atoms with Gasteiger partial charge in [0.1, 0.15) is 0 Å². The first-order valence-electron chi connectivity index (χ1n) is 4.75. The van der Waals surface area contributed by atoms with Crippen LogP contribution in [-0.2, 0) is 6.54 Å². The highest BCUT2D eigenvalue weighted by molar-refractivity contribution is 5.33. The van der Waals surface area contributed by atoms with E-state index in [1.54, 1.807) is 0 Å². The number of rotatable bonds is 2. The number of β-amino-alcohol motifs (C(OH)–C–C–N with tert-alkyl or cyclic N) is 1. The fourth-order valence-electron chi connectivity index (χ4n) is 1.75. The highest BCUT2D eigenvalue weighted by Crippen LogP contribution is 2.17. The van der Waals surface area contributed by atoms with Crippen molar-refractivity contribution in [1.82, 2.24) is 9.55 Å². The maximum Gasteiger partial charge on any atom is 0.205 e. The average Bonchev–Trinajstić information content (AvgIpc) is 2.71. The number of imidazole rings is 1. The van der Waals surface area contributed by atoms with Crippen molar-refractivity contribution in [2.75, 3.05) is 18.0 Å². The minimum absolute atomic E-state index is 0.179. The first-order chi connectivity index (χ1) is 6.31. The largest absolute Gasteiger partial charge is 0.391 e. The van der Waals surface area contributed by atoms with Crippen LogP contribution in [0.2, 0.25) is 0 Å². The highest BCUT2D eigenvalue weighted by Gasteiger charge is 2.22. The predicted octanol–water partition coefficient (Wildman–Crippen LogP) is 0.474. The lowest BCUT2D eigenvalue weighted by Gasteiger charge is -2.17. The average molecular weight is 181 g/mol. The molecule has 72 valence electrons. The number of aromatic nitrogens is 2. The molecular weight excluding hydrogens is 166 g/mol. The maximum absolute atomic E-state index is 9.38. The number of anilines is 1. The number of aliphatic hydroxyl groups excluding tert-OH is 1. The van der Waals surface area contributed by atoms with Gasteiger partial charge in [0, 0.05) is 32.0 Å². The molecule has 1 aromatic heterocycles. The van der Waals surface area contributed by atoms with Crippen molar-refractivity contribution in [2.24, 2.45) is 0 Å². The van der Waals surface area contributed by atoms with E-state index in [2.05, 4.69) is 21.4 Å². The van der Waals surface area contributed by atoms with Gasteiger partial charge in [0.25, 0.3) is 0 Å². The third kappa shape index (κ3) is 1.54. The van der Waals surface area contributed by atoms with Gasteiger partial charge < -0.3 is 14.6 Å². The summed E-state index contributed by atoms with van der Waals surface area (Å²) >= 11 is 0. The second-order valence-corrected chi connectivity index (χ2v) is 3.40. The summed E-state index contributed by atoms with van der Waals surface area (Å²) in [6.07, 6.45) is 4.46. The molecule has 1 aromatic rings. The summed E-state index contributed by atoms with van der Waals surface area (Å²) in [6.45, 7) is 4.66. The summed E-state index contributed by atoms with van der Waals surface area (Å²) in [5.41, 5.74) is 0. The van der Waals surface area contributed by atoms with Gasteiger partial charge in [-0.1, -0.05) is 0 Å². The molecule has 0 spiro atoms. The van der Waals surface area contributed by atoms with E-state index in [1.807, 2.05) is 12.4 Å². The zero-order valence-electron chi connectivity index (χ0n) is 7.85. The molecule has 1 unspecified atom stereocenters. The van der Waals surface area contributed by atoms with Crippen LogP contribution in [0, 0.1) is 0 Å². The Morgan fingerprint density at radius 1 is 1.69 bits per heavy atom. The Balaban J connectivity index is 2.16. The Bertz CT molecular complexity index is 284. The Labute approximate surface area is 77.8 Å². The molecule has 0 amide bonds. The number of aryl methyl sites for hydroxylation is 1. The van der Waals surface area contributed by atoms with Crippen LogP contribution < -0.4 is 4.90 Å². The SMILES string of the molecule is CCn1ccnc1N1CCC(O)C1. The lowest BCUT2D eigenvalue weighted by Crippen LogP contribution is -2.24. The third-order valence-electron chi connectivity index (χ3n) is 2.48. The van der Waals surface area contributed by atoms with Crippen LogP contribution >= 0.6 is 0 Å².